The van der Waals surface area contributed by atoms with Crippen LogP contribution >= 0.6 is 0 Å². The van der Waals surface area contributed by atoms with E-state index in [4.69, 9.17) is 0 Å². The van der Waals surface area contributed by atoms with Crippen molar-refractivity contribution < 1.29 is 4.79 Å². The van der Waals surface area contributed by atoms with E-state index in [1.54, 1.807) is 21.9 Å². The maximum absolute atomic E-state index is 12.7. The van der Waals surface area contributed by atoms with E-state index in [1.807, 2.05) is 54.6 Å². The number of nitrogens with one attached hydrogen (secondary N) is 1. The first-order valence-electron chi connectivity index (χ1n) is 8.87. The van der Waals surface area contributed by atoms with E-state index >= 15 is 0 Å². The Kier molecular flexibility index (Phi) is 4.91. The lowest BCUT2D eigenvalue weighted by atomic mass is 10.0. The number of benzene rings is 2. The molecular formula is C20H20N6O. The Bertz CT molecular complexity index is 1010. The van der Waals surface area contributed by atoms with E-state index in [9.17, 15) is 4.79 Å². The van der Waals surface area contributed by atoms with E-state index < -0.39 is 0 Å². The molecule has 0 aliphatic carbocycles. The molecule has 136 valence electrons. The highest BCUT2D eigenvalue weighted by Crippen LogP contribution is 2.18. The van der Waals surface area contributed by atoms with Crippen LogP contribution in [0.2, 0.25) is 0 Å². The second-order valence-corrected chi connectivity index (χ2v) is 6.34. The van der Waals surface area contributed by atoms with Crippen LogP contribution in [0.5, 0.6) is 0 Å². The van der Waals surface area contributed by atoms with Gasteiger partial charge >= 0.3 is 0 Å². The monoisotopic (exact) mass is 360 g/mol. The number of aryl methyl sites for hydroxylation is 1. The Hall–Kier alpha value is -3.48. The smallest absolute Gasteiger partial charge is 0.242 e. The molecule has 4 aromatic rings. The van der Waals surface area contributed by atoms with Crippen molar-refractivity contribution in [3.05, 3.63) is 79.0 Å². The molecule has 0 saturated carbocycles. The number of para-hydroxylation sites is 1. The van der Waals surface area contributed by atoms with Crippen LogP contribution in [0.3, 0.4) is 0 Å². The van der Waals surface area contributed by atoms with Crippen molar-refractivity contribution >= 4 is 16.8 Å². The summed E-state index contributed by atoms with van der Waals surface area (Å²) in [4.78, 5) is 16.7. The minimum atomic E-state index is -0.107. The maximum Gasteiger partial charge on any atom is 0.242 e. The molecule has 2 aromatic carbocycles. The van der Waals surface area contributed by atoms with Crippen LogP contribution in [0.25, 0.3) is 10.9 Å². The fourth-order valence-electron chi connectivity index (χ4n) is 3.14. The standard InChI is InChI=1S/C20H20N6O/c27-20(13-26-19-9-5-4-8-17(19)12-22-26)24-18(16-6-2-1-3-7-16)10-11-25-15-21-14-23-25/h1-9,12,14-15,18H,10-11,13H2,(H,24,27). The number of hydrogen-bond acceptors (Lipinski definition) is 4. The van der Waals surface area contributed by atoms with Gasteiger partial charge in [0.1, 0.15) is 19.2 Å². The molecule has 27 heavy (non-hydrogen) atoms. The highest BCUT2D eigenvalue weighted by molar-refractivity contribution is 5.82. The molecule has 7 nitrogen and oxygen atoms in total. The van der Waals surface area contributed by atoms with Crippen molar-refractivity contribution in [2.45, 2.75) is 25.6 Å². The van der Waals surface area contributed by atoms with E-state index in [1.165, 1.54) is 6.33 Å². The Morgan fingerprint density at radius 1 is 1.04 bits per heavy atom. The molecule has 1 N–H and O–H groups in total. The van der Waals surface area contributed by atoms with Crippen molar-refractivity contribution in [1.82, 2.24) is 29.9 Å². The van der Waals surface area contributed by atoms with Crippen molar-refractivity contribution in [3.8, 4) is 0 Å². The summed E-state index contributed by atoms with van der Waals surface area (Å²) < 4.78 is 3.49. The zero-order valence-corrected chi connectivity index (χ0v) is 14.8. The normalized spacial score (nSPS) is 12.1. The molecule has 2 heterocycles. The lowest BCUT2D eigenvalue weighted by Gasteiger charge is -2.19. The number of rotatable bonds is 7. The van der Waals surface area contributed by atoms with Crippen molar-refractivity contribution in [2.75, 3.05) is 0 Å². The summed E-state index contributed by atoms with van der Waals surface area (Å²) in [6, 6.07) is 17.7. The predicted molar refractivity (Wildman–Crippen MR) is 102 cm³/mol. The van der Waals surface area contributed by atoms with Crippen LogP contribution < -0.4 is 5.32 Å². The highest BCUT2D eigenvalue weighted by Gasteiger charge is 2.16. The zero-order valence-electron chi connectivity index (χ0n) is 14.8. The summed E-state index contributed by atoms with van der Waals surface area (Å²) in [6.07, 6.45) is 5.69. The summed E-state index contributed by atoms with van der Waals surface area (Å²) in [7, 11) is 0. The molecule has 0 fully saturated rings. The largest absolute Gasteiger partial charge is 0.348 e. The third kappa shape index (κ3) is 4.03. The van der Waals surface area contributed by atoms with Gasteiger partial charge in [0.05, 0.1) is 17.8 Å². The first kappa shape index (κ1) is 17.0. The highest BCUT2D eigenvalue weighted by atomic mass is 16.2. The van der Waals surface area contributed by atoms with Gasteiger partial charge in [-0.15, -0.1) is 0 Å². The Morgan fingerprint density at radius 3 is 2.67 bits per heavy atom. The second kappa shape index (κ2) is 7.82. The van der Waals surface area contributed by atoms with Gasteiger partial charge in [-0.05, 0) is 18.1 Å². The zero-order chi connectivity index (χ0) is 18.5. The fourth-order valence-corrected chi connectivity index (χ4v) is 3.14. The molecule has 0 aliphatic rings. The number of hydrogen-bond donors (Lipinski definition) is 1. The van der Waals surface area contributed by atoms with Crippen molar-refractivity contribution in [3.63, 3.8) is 0 Å². The lowest BCUT2D eigenvalue weighted by Crippen LogP contribution is -2.32. The lowest BCUT2D eigenvalue weighted by molar-refractivity contribution is -0.122. The summed E-state index contributed by atoms with van der Waals surface area (Å²) in [5, 5.41) is 12.6. The molecule has 1 unspecified atom stereocenters. The molecule has 2 aromatic heterocycles. The third-order valence-corrected chi connectivity index (χ3v) is 4.50. The summed E-state index contributed by atoms with van der Waals surface area (Å²) >= 11 is 0. The quantitative estimate of drug-likeness (QED) is 0.549. The maximum atomic E-state index is 12.7. The predicted octanol–water partition coefficient (Wildman–Crippen LogP) is 2.58. The van der Waals surface area contributed by atoms with Gasteiger partial charge in [-0.25, -0.2) is 4.98 Å². The number of aromatic nitrogens is 5. The minimum absolute atomic E-state index is 0.0729. The van der Waals surface area contributed by atoms with Gasteiger partial charge in [-0.1, -0.05) is 48.5 Å². The van der Waals surface area contributed by atoms with E-state index in [-0.39, 0.29) is 18.5 Å². The molecule has 0 spiro atoms. The Balaban J connectivity index is 1.47. The van der Waals surface area contributed by atoms with Crippen LogP contribution in [0.4, 0.5) is 0 Å². The van der Waals surface area contributed by atoms with Gasteiger partial charge in [0.2, 0.25) is 5.91 Å². The van der Waals surface area contributed by atoms with Crippen LogP contribution in [-0.2, 0) is 17.9 Å². The van der Waals surface area contributed by atoms with Crippen LogP contribution in [-0.4, -0.2) is 30.5 Å². The van der Waals surface area contributed by atoms with Gasteiger partial charge < -0.3 is 5.32 Å². The molecule has 7 heteroatoms. The van der Waals surface area contributed by atoms with Gasteiger partial charge in [0.25, 0.3) is 0 Å². The molecule has 1 amide bonds. The number of nitrogens with zero attached hydrogens (tertiary/aromatic N) is 5. The summed E-state index contributed by atoms with van der Waals surface area (Å²) in [5.74, 6) is -0.0729. The third-order valence-electron chi connectivity index (χ3n) is 4.50. The van der Waals surface area contributed by atoms with Gasteiger partial charge in [0.15, 0.2) is 0 Å². The molecular weight excluding hydrogens is 340 g/mol. The molecule has 0 saturated heterocycles. The summed E-state index contributed by atoms with van der Waals surface area (Å²) in [5.41, 5.74) is 2.02. The SMILES string of the molecule is O=C(Cn1ncc2ccccc21)NC(CCn1cncn1)c1ccccc1. The molecule has 0 aliphatic heterocycles. The molecule has 0 bridgehead atoms. The molecule has 0 radical (unpaired) electrons. The Labute approximate surface area is 156 Å². The van der Waals surface area contributed by atoms with Crippen LogP contribution in [0.15, 0.2) is 73.4 Å². The van der Waals surface area contributed by atoms with E-state index in [2.05, 4.69) is 20.5 Å². The molecule has 1 atom stereocenters. The summed E-state index contributed by atoms with van der Waals surface area (Å²) in [6.45, 7) is 0.852. The first-order chi connectivity index (χ1) is 13.3. The van der Waals surface area contributed by atoms with E-state index in [0.29, 0.717) is 6.54 Å². The first-order valence-corrected chi connectivity index (χ1v) is 8.87. The molecule has 4 rings (SSSR count). The number of amides is 1. The number of carbonyl (C=O) groups excluding carboxylic acids is 1. The van der Waals surface area contributed by atoms with Crippen molar-refractivity contribution in [2.24, 2.45) is 0 Å². The minimum Gasteiger partial charge on any atom is -0.348 e. The fraction of sp³-hybridized carbons (Fsp3) is 0.200. The van der Waals surface area contributed by atoms with E-state index in [0.717, 1.165) is 22.9 Å². The van der Waals surface area contributed by atoms with Crippen LogP contribution in [0.1, 0.15) is 18.0 Å². The van der Waals surface area contributed by atoms with Gasteiger partial charge in [-0.3, -0.25) is 14.2 Å². The number of fused-ring (bicyclic) bond motifs is 1. The Morgan fingerprint density at radius 2 is 1.85 bits per heavy atom. The van der Waals surface area contributed by atoms with Crippen LogP contribution in [0, 0.1) is 0 Å². The second-order valence-electron chi connectivity index (χ2n) is 6.34. The topological polar surface area (TPSA) is 77.6 Å². The average molecular weight is 360 g/mol. The van der Waals surface area contributed by atoms with Gasteiger partial charge in [-0.2, -0.15) is 10.2 Å². The average Bonchev–Trinajstić information content (AvgIpc) is 3.36. The van der Waals surface area contributed by atoms with Gasteiger partial charge in [0, 0.05) is 11.9 Å². The van der Waals surface area contributed by atoms with Crippen molar-refractivity contribution in [1.29, 1.82) is 0 Å². The number of carbonyl (C=O) groups is 1.